The fourth-order valence-electron chi connectivity index (χ4n) is 3.52. The van der Waals surface area contributed by atoms with Crippen LogP contribution in [-0.4, -0.2) is 29.1 Å². The minimum absolute atomic E-state index is 0.973. The van der Waals surface area contributed by atoms with Crippen LogP contribution in [0.25, 0.3) is 5.69 Å². The summed E-state index contributed by atoms with van der Waals surface area (Å²) in [4.78, 5) is 2.44. The topological polar surface area (TPSA) is 45.5 Å². The lowest BCUT2D eigenvalue weighted by atomic mass is 10.1. The monoisotopic (exact) mass is 359 g/mol. The van der Waals surface area contributed by atoms with Crippen LogP contribution in [0.15, 0.2) is 65.8 Å². The summed E-state index contributed by atoms with van der Waals surface area (Å²) in [5, 5.41) is 9.32. The normalized spacial score (nSPS) is 14.6. The SMILES string of the molecule is Cc1nn(-c2ccccc2)c(N2CCCCC2)c1/C=N/Nc1ccccc1. The Bertz CT molecular complexity index is 893. The first-order valence-electron chi connectivity index (χ1n) is 9.57. The third-order valence-electron chi connectivity index (χ3n) is 4.90. The smallest absolute Gasteiger partial charge is 0.141 e. The molecular formula is C22H25N5. The summed E-state index contributed by atoms with van der Waals surface area (Å²) in [5.41, 5.74) is 7.22. The number of nitrogens with one attached hydrogen (secondary N) is 1. The van der Waals surface area contributed by atoms with E-state index in [-0.39, 0.29) is 0 Å². The molecule has 138 valence electrons. The van der Waals surface area contributed by atoms with Gasteiger partial charge >= 0.3 is 0 Å². The number of para-hydroxylation sites is 2. The molecule has 3 aromatic rings. The number of hydrogen-bond donors (Lipinski definition) is 1. The highest BCUT2D eigenvalue weighted by Gasteiger charge is 2.22. The molecule has 1 aliphatic rings. The molecule has 0 aliphatic carbocycles. The second-order valence-electron chi connectivity index (χ2n) is 6.85. The van der Waals surface area contributed by atoms with E-state index in [4.69, 9.17) is 5.10 Å². The fourth-order valence-corrected chi connectivity index (χ4v) is 3.52. The number of benzene rings is 2. The molecule has 0 unspecified atom stereocenters. The average molecular weight is 359 g/mol. The summed E-state index contributed by atoms with van der Waals surface area (Å²) >= 11 is 0. The van der Waals surface area contributed by atoms with Crippen LogP contribution in [0.3, 0.4) is 0 Å². The van der Waals surface area contributed by atoms with Gasteiger partial charge in [-0.3, -0.25) is 5.43 Å². The van der Waals surface area contributed by atoms with Gasteiger partial charge in [-0.25, -0.2) is 4.68 Å². The van der Waals surface area contributed by atoms with Gasteiger partial charge in [-0.15, -0.1) is 0 Å². The summed E-state index contributed by atoms with van der Waals surface area (Å²) in [6.45, 7) is 4.17. The van der Waals surface area contributed by atoms with Crippen molar-refractivity contribution in [2.75, 3.05) is 23.4 Å². The molecule has 0 radical (unpaired) electrons. The molecule has 0 bridgehead atoms. The van der Waals surface area contributed by atoms with Gasteiger partial charge in [0.1, 0.15) is 5.82 Å². The molecule has 2 heterocycles. The highest BCUT2D eigenvalue weighted by atomic mass is 15.4. The lowest BCUT2D eigenvalue weighted by molar-refractivity contribution is 0.567. The van der Waals surface area contributed by atoms with Crippen LogP contribution < -0.4 is 10.3 Å². The molecule has 1 fully saturated rings. The van der Waals surface area contributed by atoms with Crippen LogP contribution in [-0.2, 0) is 0 Å². The second kappa shape index (κ2) is 8.08. The van der Waals surface area contributed by atoms with Crippen LogP contribution in [0.1, 0.15) is 30.5 Å². The Labute approximate surface area is 160 Å². The summed E-state index contributed by atoms with van der Waals surface area (Å²) in [6, 6.07) is 20.3. The van der Waals surface area contributed by atoms with Crippen molar-refractivity contribution in [2.45, 2.75) is 26.2 Å². The fraction of sp³-hybridized carbons (Fsp3) is 0.273. The van der Waals surface area contributed by atoms with E-state index in [1.165, 1.54) is 19.3 Å². The van der Waals surface area contributed by atoms with Crippen molar-refractivity contribution in [2.24, 2.45) is 5.10 Å². The summed E-state index contributed by atoms with van der Waals surface area (Å²) in [5.74, 6) is 1.14. The van der Waals surface area contributed by atoms with Crippen molar-refractivity contribution < 1.29 is 0 Å². The Balaban J connectivity index is 1.70. The Hall–Kier alpha value is -3.08. The zero-order chi connectivity index (χ0) is 18.5. The lowest BCUT2D eigenvalue weighted by Crippen LogP contribution is -2.32. The standard InChI is InChI=1S/C22H25N5/c1-18-21(17-23-24-19-11-5-2-6-12-19)22(26-15-9-4-10-16-26)27(25-18)20-13-7-3-8-14-20/h2-3,5-8,11-14,17,24H,4,9-10,15-16H2,1H3/b23-17+. The first-order chi connectivity index (χ1) is 13.3. The van der Waals surface area contributed by atoms with Gasteiger partial charge in [0.25, 0.3) is 0 Å². The zero-order valence-electron chi connectivity index (χ0n) is 15.7. The maximum atomic E-state index is 4.84. The number of aryl methyl sites for hydroxylation is 1. The average Bonchev–Trinajstić information content (AvgIpc) is 3.06. The molecule has 1 N–H and O–H groups in total. The molecule has 1 aliphatic heterocycles. The van der Waals surface area contributed by atoms with Crippen molar-refractivity contribution in [1.29, 1.82) is 0 Å². The van der Waals surface area contributed by atoms with Crippen LogP contribution >= 0.6 is 0 Å². The zero-order valence-corrected chi connectivity index (χ0v) is 15.7. The molecule has 5 nitrogen and oxygen atoms in total. The third-order valence-corrected chi connectivity index (χ3v) is 4.90. The van der Waals surface area contributed by atoms with Crippen LogP contribution in [0.4, 0.5) is 11.5 Å². The number of hydrogen-bond acceptors (Lipinski definition) is 4. The van der Waals surface area contributed by atoms with E-state index < -0.39 is 0 Å². The van der Waals surface area contributed by atoms with Crippen molar-refractivity contribution in [3.8, 4) is 5.69 Å². The van der Waals surface area contributed by atoms with Gasteiger partial charge < -0.3 is 4.90 Å². The molecule has 27 heavy (non-hydrogen) atoms. The Morgan fingerprint density at radius 3 is 2.30 bits per heavy atom. The van der Waals surface area contributed by atoms with Crippen LogP contribution in [0.5, 0.6) is 0 Å². The molecule has 0 saturated carbocycles. The molecule has 0 amide bonds. The van der Waals surface area contributed by atoms with Gasteiger partial charge in [0.15, 0.2) is 0 Å². The molecule has 1 saturated heterocycles. The van der Waals surface area contributed by atoms with Crippen LogP contribution in [0.2, 0.25) is 0 Å². The number of hydrazone groups is 1. The van der Waals surface area contributed by atoms with E-state index in [0.717, 1.165) is 41.5 Å². The molecule has 0 spiro atoms. The number of anilines is 2. The van der Waals surface area contributed by atoms with Crippen molar-refractivity contribution in [1.82, 2.24) is 9.78 Å². The Kier molecular flexibility index (Phi) is 5.19. The maximum Gasteiger partial charge on any atom is 0.141 e. The Morgan fingerprint density at radius 2 is 1.59 bits per heavy atom. The molecule has 4 rings (SSSR count). The van der Waals surface area contributed by atoms with E-state index in [1.54, 1.807) is 0 Å². The van der Waals surface area contributed by atoms with Crippen LogP contribution in [0, 0.1) is 6.92 Å². The third kappa shape index (κ3) is 3.87. The summed E-state index contributed by atoms with van der Waals surface area (Å²) in [6.07, 6.45) is 5.64. The molecule has 5 heteroatoms. The highest BCUT2D eigenvalue weighted by Crippen LogP contribution is 2.28. The minimum Gasteiger partial charge on any atom is -0.356 e. The van der Waals surface area contributed by atoms with E-state index >= 15 is 0 Å². The van der Waals surface area contributed by atoms with Gasteiger partial charge in [-0.1, -0.05) is 36.4 Å². The van der Waals surface area contributed by atoms with E-state index in [0.29, 0.717) is 0 Å². The van der Waals surface area contributed by atoms with E-state index in [2.05, 4.69) is 51.3 Å². The minimum atomic E-state index is 0.973. The number of nitrogens with zero attached hydrogens (tertiary/aromatic N) is 4. The van der Waals surface area contributed by atoms with Crippen molar-refractivity contribution >= 4 is 17.7 Å². The van der Waals surface area contributed by atoms with Gasteiger partial charge in [-0.05, 0) is 50.5 Å². The molecule has 2 aromatic carbocycles. The largest absolute Gasteiger partial charge is 0.356 e. The Morgan fingerprint density at radius 1 is 0.926 bits per heavy atom. The lowest BCUT2D eigenvalue weighted by Gasteiger charge is -2.29. The summed E-state index contributed by atoms with van der Waals surface area (Å²) in [7, 11) is 0. The number of piperidine rings is 1. The second-order valence-corrected chi connectivity index (χ2v) is 6.85. The number of aromatic nitrogens is 2. The predicted molar refractivity (Wildman–Crippen MR) is 112 cm³/mol. The van der Waals surface area contributed by atoms with E-state index in [9.17, 15) is 0 Å². The molecular weight excluding hydrogens is 334 g/mol. The number of rotatable bonds is 5. The molecule has 1 aromatic heterocycles. The van der Waals surface area contributed by atoms with Gasteiger partial charge in [-0.2, -0.15) is 10.2 Å². The van der Waals surface area contributed by atoms with Crippen molar-refractivity contribution in [3.63, 3.8) is 0 Å². The first-order valence-corrected chi connectivity index (χ1v) is 9.57. The quantitative estimate of drug-likeness (QED) is 0.534. The maximum absolute atomic E-state index is 4.84. The van der Waals surface area contributed by atoms with Crippen molar-refractivity contribution in [3.05, 3.63) is 71.9 Å². The van der Waals surface area contributed by atoms with Gasteiger partial charge in [0.05, 0.1) is 28.8 Å². The predicted octanol–water partition coefficient (Wildman–Crippen LogP) is 4.62. The van der Waals surface area contributed by atoms with Gasteiger partial charge in [0, 0.05) is 13.1 Å². The summed E-state index contributed by atoms with van der Waals surface area (Å²) < 4.78 is 2.06. The van der Waals surface area contributed by atoms with Gasteiger partial charge in [0.2, 0.25) is 0 Å². The first kappa shape index (κ1) is 17.3. The van der Waals surface area contributed by atoms with E-state index in [1.807, 2.05) is 42.6 Å². The molecule has 0 atom stereocenters. The highest BCUT2D eigenvalue weighted by molar-refractivity contribution is 5.89.